The molecule has 0 saturated carbocycles. The fourth-order valence-electron chi connectivity index (χ4n) is 2.57. The number of benzene rings is 1. The van der Waals surface area contributed by atoms with Crippen molar-refractivity contribution in [2.75, 3.05) is 13.2 Å². The summed E-state index contributed by atoms with van der Waals surface area (Å²) in [4.78, 5) is 0. The van der Waals surface area contributed by atoms with Crippen molar-refractivity contribution in [3.8, 4) is 5.75 Å². The zero-order valence-electron chi connectivity index (χ0n) is 11.4. The minimum atomic E-state index is 0.193. The van der Waals surface area contributed by atoms with E-state index in [0.717, 1.165) is 36.0 Å². The van der Waals surface area contributed by atoms with E-state index in [-0.39, 0.29) is 6.04 Å². The number of rotatable bonds is 6. The minimum Gasteiger partial charge on any atom is -0.508 e. The molecule has 0 bridgehead atoms. The van der Waals surface area contributed by atoms with E-state index in [1.807, 2.05) is 12.1 Å². The first-order chi connectivity index (χ1) is 9.20. The molecule has 2 rings (SSSR count). The highest BCUT2D eigenvalue weighted by Crippen LogP contribution is 2.29. The third kappa shape index (κ3) is 4.20. The van der Waals surface area contributed by atoms with Crippen molar-refractivity contribution in [1.29, 1.82) is 0 Å². The monoisotopic (exact) mass is 327 g/mol. The van der Waals surface area contributed by atoms with Gasteiger partial charge in [-0.15, -0.1) is 0 Å². The molecule has 0 aliphatic carbocycles. The van der Waals surface area contributed by atoms with Crippen molar-refractivity contribution in [1.82, 2.24) is 5.32 Å². The van der Waals surface area contributed by atoms with Crippen molar-refractivity contribution < 1.29 is 9.84 Å². The van der Waals surface area contributed by atoms with Gasteiger partial charge < -0.3 is 15.2 Å². The Morgan fingerprint density at radius 2 is 2.37 bits per heavy atom. The highest BCUT2D eigenvalue weighted by molar-refractivity contribution is 9.10. The number of ether oxygens (including phenoxy) is 1. The first kappa shape index (κ1) is 14.8. The van der Waals surface area contributed by atoms with E-state index in [1.54, 1.807) is 6.07 Å². The largest absolute Gasteiger partial charge is 0.508 e. The predicted octanol–water partition coefficient (Wildman–Crippen LogP) is 3.76. The van der Waals surface area contributed by atoms with Crippen LogP contribution in [0.15, 0.2) is 22.7 Å². The van der Waals surface area contributed by atoms with Crippen molar-refractivity contribution in [3.05, 3.63) is 28.2 Å². The summed E-state index contributed by atoms with van der Waals surface area (Å²) in [5, 5.41) is 13.5. The van der Waals surface area contributed by atoms with Gasteiger partial charge in [0.2, 0.25) is 0 Å². The standard InChI is InChI=1S/C15H22BrNO2/c1-2-14(13-10-11(16)5-6-15(13)18)17-8-7-12-4-3-9-19-12/h5-6,10,12,14,17-18H,2-4,7-9H2,1H3. The molecule has 2 N–H and O–H groups in total. The Morgan fingerprint density at radius 1 is 1.53 bits per heavy atom. The van der Waals surface area contributed by atoms with Crippen LogP contribution in [0.4, 0.5) is 0 Å². The quantitative estimate of drug-likeness (QED) is 0.835. The zero-order valence-corrected chi connectivity index (χ0v) is 12.9. The second-order valence-electron chi connectivity index (χ2n) is 5.04. The van der Waals surface area contributed by atoms with Crippen LogP contribution in [0.3, 0.4) is 0 Å². The molecule has 19 heavy (non-hydrogen) atoms. The van der Waals surface area contributed by atoms with Gasteiger partial charge in [0.05, 0.1) is 6.10 Å². The van der Waals surface area contributed by atoms with Gasteiger partial charge >= 0.3 is 0 Å². The summed E-state index contributed by atoms with van der Waals surface area (Å²) in [6.45, 7) is 3.97. The number of nitrogens with one attached hydrogen (secondary N) is 1. The third-order valence-corrected chi connectivity index (χ3v) is 4.15. The first-order valence-corrected chi connectivity index (χ1v) is 7.83. The Labute approximate surface area is 123 Å². The van der Waals surface area contributed by atoms with Gasteiger partial charge in [-0.1, -0.05) is 22.9 Å². The number of hydrogen-bond acceptors (Lipinski definition) is 3. The Bertz CT molecular complexity index is 405. The molecule has 1 fully saturated rings. The van der Waals surface area contributed by atoms with Crippen LogP contribution in [-0.4, -0.2) is 24.4 Å². The number of hydrogen-bond donors (Lipinski definition) is 2. The normalized spacial score (nSPS) is 20.6. The lowest BCUT2D eigenvalue weighted by Gasteiger charge is -2.20. The maximum atomic E-state index is 9.96. The summed E-state index contributed by atoms with van der Waals surface area (Å²) < 4.78 is 6.62. The Balaban J connectivity index is 1.89. The van der Waals surface area contributed by atoms with Crippen LogP contribution in [0.5, 0.6) is 5.75 Å². The van der Waals surface area contributed by atoms with Crippen molar-refractivity contribution in [2.24, 2.45) is 0 Å². The molecule has 2 unspecified atom stereocenters. The molecule has 3 nitrogen and oxygen atoms in total. The van der Waals surface area contributed by atoms with Gasteiger partial charge in [0, 0.05) is 22.7 Å². The molecular weight excluding hydrogens is 306 g/mol. The van der Waals surface area contributed by atoms with Crippen LogP contribution in [-0.2, 0) is 4.74 Å². The molecule has 1 aliphatic rings. The lowest BCUT2D eigenvalue weighted by Crippen LogP contribution is -2.25. The Kier molecular flexibility index (Phi) is 5.67. The molecule has 0 amide bonds. The molecule has 2 atom stereocenters. The van der Waals surface area contributed by atoms with Crippen molar-refractivity contribution in [2.45, 2.75) is 44.8 Å². The minimum absolute atomic E-state index is 0.193. The highest BCUT2D eigenvalue weighted by atomic mass is 79.9. The van der Waals surface area contributed by atoms with Gasteiger partial charge in [-0.25, -0.2) is 0 Å². The van der Waals surface area contributed by atoms with E-state index in [1.165, 1.54) is 12.8 Å². The molecule has 1 heterocycles. The molecule has 0 radical (unpaired) electrons. The van der Waals surface area contributed by atoms with Gasteiger partial charge in [-0.2, -0.15) is 0 Å². The fraction of sp³-hybridized carbons (Fsp3) is 0.600. The van der Waals surface area contributed by atoms with Gasteiger partial charge in [-0.3, -0.25) is 0 Å². The molecule has 1 saturated heterocycles. The number of aromatic hydroxyl groups is 1. The van der Waals surface area contributed by atoms with Crippen LogP contribution >= 0.6 is 15.9 Å². The van der Waals surface area contributed by atoms with Crippen LogP contribution < -0.4 is 5.32 Å². The van der Waals surface area contributed by atoms with E-state index in [4.69, 9.17) is 4.74 Å². The van der Waals surface area contributed by atoms with Crippen LogP contribution in [0.1, 0.15) is 44.2 Å². The topological polar surface area (TPSA) is 41.5 Å². The lowest BCUT2D eigenvalue weighted by atomic mass is 10.0. The second-order valence-corrected chi connectivity index (χ2v) is 5.96. The number of phenolic OH excluding ortho intramolecular Hbond substituents is 1. The third-order valence-electron chi connectivity index (χ3n) is 3.65. The van der Waals surface area contributed by atoms with E-state index < -0.39 is 0 Å². The molecule has 1 aliphatic heterocycles. The summed E-state index contributed by atoms with van der Waals surface area (Å²) in [5.74, 6) is 0.361. The predicted molar refractivity (Wildman–Crippen MR) is 80.4 cm³/mol. The average molecular weight is 328 g/mol. The van der Waals surface area contributed by atoms with Crippen LogP contribution in [0.2, 0.25) is 0 Å². The summed E-state index contributed by atoms with van der Waals surface area (Å²) in [7, 11) is 0. The number of halogens is 1. The van der Waals surface area contributed by atoms with Crippen molar-refractivity contribution in [3.63, 3.8) is 0 Å². The molecule has 0 aromatic heterocycles. The maximum absolute atomic E-state index is 9.96. The molecule has 4 heteroatoms. The maximum Gasteiger partial charge on any atom is 0.120 e. The molecular formula is C15H22BrNO2. The first-order valence-electron chi connectivity index (χ1n) is 7.04. The van der Waals surface area contributed by atoms with Gasteiger partial charge in [-0.05, 0) is 50.4 Å². The van der Waals surface area contributed by atoms with Gasteiger partial charge in [0.15, 0.2) is 0 Å². The van der Waals surface area contributed by atoms with E-state index in [0.29, 0.717) is 11.9 Å². The van der Waals surface area contributed by atoms with Crippen LogP contribution in [0, 0.1) is 0 Å². The molecule has 0 spiro atoms. The Hall–Kier alpha value is -0.580. The summed E-state index contributed by atoms with van der Waals surface area (Å²) >= 11 is 3.46. The highest BCUT2D eigenvalue weighted by Gasteiger charge is 2.17. The number of phenols is 1. The summed E-state index contributed by atoms with van der Waals surface area (Å²) in [5.41, 5.74) is 0.962. The van der Waals surface area contributed by atoms with Crippen molar-refractivity contribution >= 4 is 15.9 Å². The second kappa shape index (κ2) is 7.27. The zero-order chi connectivity index (χ0) is 13.7. The molecule has 1 aromatic carbocycles. The van der Waals surface area contributed by atoms with E-state index in [2.05, 4.69) is 28.2 Å². The summed E-state index contributed by atoms with van der Waals surface area (Å²) in [6.07, 6.45) is 4.79. The molecule has 106 valence electrons. The average Bonchev–Trinajstić information content (AvgIpc) is 2.91. The van der Waals surface area contributed by atoms with Gasteiger partial charge in [0.25, 0.3) is 0 Å². The van der Waals surface area contributed by atoms with Crippen LogP contribution in [0.25, 0.3) is 0 Å². The van der Waals surface area contributed by atoms with Gasteiger partial charge in [0.1, 0.15) is 5.75 Å². The fourth-order valence-corrected chi connectivity index (χ4v) is 2.95. The summed E-state index contributed by atoms with van der Waals surface area (Å²) in [6, 6.07) is 5.78. The van der Waals surface area contributed by atoms with E-state index >= 15 is 0 Å². The molecule has 1 aromatic rings. The van der Waals surface area contributed by atoms with E-state index in [9.17, 15) is 5.11 Å². The Morgan fingerprint density at radius 3 is 3.05 bits per heavy atom. The smallest absolute Gasteiger partial charge is 0.120 e. The SMILES string of the molecule is CCC(NCCC1CCCO1)c1cc(Br)ccc1O. The lowest BCUT2D eigenvalue weighted by molar-refractivity contribution is 0.103.